The minimum atomic E-state index is -4.40. The molecule has 5 N–H and O–H groups in total. The Bertz CT molecular complexity index is 1960. The van der Waals surface area contributed by atoms with E-state index in [2.05, 4.69) is 20.5 Å². The third kappa shape index (κ3) is 6.08. The van der Waals surface area contributed by atoms with Gasteiger partial charge in [0.15, 0.2) is 0 Å². The van der Waals surface area contributed by atoms with E-state index in [4.69, 9.17) is 10.8 Å². The maximum atomic E-state index is 11.6. The highest BCUT2D eigenvalue weighted by Gasteiger charge is 2.13. The zero-order valence-electron chi connectivity index (χ0n) is 21.1. The Kier molecular flexibility index (Phi) is 7.25. The number of nitrogen functional groups attached to an aromatic ring is 1. The first-order chi connectivity index (χ1) is 19.6. The van der Waals surface area contributed by atoms with Gasteiger partial charge in [-0.25, -0.2) is 4.79 Å². The van der Waals surface area contributed by atoms with E-state index >= 15 is 0 Å². The Morgan fingerprint density at radius 3 is 1.80 bits per heavy atom. The summed E-state index contributed by atoms with van der Waals surface area (Å²) in [4.78, 5) is 10.9. The van der Waals surface area contributed by atoms with Crippen LogP contribution in [0, 0.1) is 0 Å². The lowest BCUT2D eigenvalue weighted by Gasteiger charge is -2.07. The first-order valence-electron chi connectivity index (χ1n) is 12.0. The van der Waals surface area contributed by atoms with Crippen LogP contribution in [0.25, 0.3) is 21.9 Å². The summed E-state index contributed by atoms with van der Waals surface area (Å²) in [6, 6.07) is 26.0. The molecule has 0 fully saturated rings. The Hall–Kier alpha value is -5.46. The second-order valence-corrected chi connectivity index (χ2v) is 10.3. The molecule has 5 rings (SSSR count). The monoisotopic (exact) mass is 567 g/mol. The number of carboxylic acids is 1. The maximum absolute atomic E-state index is 11.6. The molecule has 204 valence electrons. The molecule has 11 nitrogen and oxygen atoms in total. The standard InChI is InChI=1S/C29H21N5O6S/c30-26-13-6-19-5-12-23(41(38,39)40)16-24(19)28(26)34-32-21-9-3-18(4-10-21)17-1-7-20(8-2-17)31-33-22-11-14-27(35)25(15-22)29(36)37/h1-16,35H,30H2,(H,36,37)(H,38,39,40). The van der Waals surface area contributed by atoms with Gasteiger partial charge in [-0.2, -0.15) is 23.8 Å². The molecule has 0 saturated heterocycles. The molecule has 0 atom stereocenters. The number of carboxylic acid groups (broad SMARTS) is 1. The molecule has 0 unspecified atom stereocenters. The Morgan fingerprint density at radius 2 is 1.22 bits per heavy atom. The fourth-order valence-corrected chi connectivity index (χ4v) is 4.50. The molecule has 0 aliphatic carbocycles. The van der Waals surface area contributed by atoms with Crippen LogP contribution in [0.5, 0.6) is 5.75 Å². The number of fused-ring (bicyclic) bond motifs is 1. The average molecular weight is 568 g/mol. The average Bonchev–Trinajstić information content (AvgIpc) is 2.96. The number of azo groups is 2. The molecular formula is C29H21N5O6S. The van der Waals surface area contributed by atoms with E-state index in [1.165, 1.54) is 30.3 Å². The summed E-state index contributed by atoms with van der Waals surface area (Å²) in [6.45, 7) is 0. The number of aromatic carboxylic acids is 1. The van der Waals surface area contributed by atoms with E-state index < -0.39 is 16.1 Å². The smallest absolute Gasteiger partial charge is 0.339 e. The lowest BCUT2D eigenvalue weighted by Crippen LogP contribution is -1.97. The van der Waals surface area contributed by atoms with Gasteiger partial charge in [-0.1, -0.05) is 36.4 Å². The van der Waals surface area contributed by atoms with Gasteiger partial charge in [0.2, 0.25) is 0 Å². The lowest BCUT2D eigenvalue weighted by molar-refractivity contribution is 0.0693. The van der Waals surface area contributed by atoms with Crippen LogP contribution < -0.4 is 5.73 Å². The van der Waals surface area contributed by atoms with Crippen molar-refractivity contribution in [3.63, 3.8) is 0 Å². The molecular weight excluding hydrogens is 546 g/mol. The van der Waals surface area contributed by atoms with Gasteiger partial charge in [-0.05, 0) is 77.2 Å². The van der Waals surface area contributed by atoms with Gasteiger partial charge in [0.1, 0.15) is 17.0 Å². The van der Waals surface area contributed by atoms with Crippen molar-refractivity contribution in [2.45, 2.75) is 4.90 Å². The number of benzene rings is 5. The van der Waals surface area contributed by atoms with Crippen LogP contribution >= 0.6 is 0 Å². The third-order valence-electron chi connectivity index (χ3n) is 6.12. The molecule has 5 aromatic carbocycles. The quantitative estimate of drug-likeness (QED) is 0.0886. The molecule has 0 spiro atoms. The van der Waals surface area contributed by atoms with Crippen molar-refractivity contribution in [3.8, 4) is 16.9 Å². The maximum Gasteiger partial charge on any atom is 0.339 e. The lowest BCUT2D eigenvalue weighted by atomic mass is 10.1. The summed E-state index contributed by atoms with van der Waals surface area (Å²) in [5.41, 5.74) is 9.60. The number of rotatable bonds is 7. The van der Waals surface area contributed by atoms with E-state index in [1.807, 2.05) is 24.3 Å². The highest BCUT2D eigenvalue weighted by Crippen LogP contribution is 2.35. The minimum Gasteiger partial charge on any atom is -0.507 e. The second-order valence-electron chi connectivity index (χ2n) is 8.86. The molecule has 0 radical (unpaired) electrons. The largest absolute Gasteiger partial charge is 0.507 e. The van der Waals surface area contributed by atoms with Gasteiger partial charge < -0.3 is 15.9 Å². The summed E-state index contributed by atoms with van der Waals surface area (Å²) in [5.74, 6) is -1.61. The van der Waals surface area contributed by atoms with E-state index in [1.54, 1.807) is 42.5 Å². The zero-order chi connectivity index (χ0) is 29.1. The summed E-state index contributed by atoms with van der Waals surface area (Å²) in [5, 5.41) is 36.5. The van der Waals surface area contributed by atoms with Crippen molar-refractivity contribution in [1.29, 1.82) is 0 Å². The van der Waals surface area contributed by atoms with Crippen LogP contribution in [-0.2, 0) is 10.1 Å². The van der Waals surface area contributed by atoms with E-state index in [0.717, 1.165) is 11.1 Å². The molecule has 0 bridgehead atoms. The van der Waals surface area contributed by atoms with Crippen molar-refractivity contribution in [3.05, 3.63) is 103 Å². The summed E-state index contributed by atoms with van der Waals surface area (Å²) in [6.07, 6.45) is 0. The summed E-state index contributed by atoms with van der Waals surface area (Å²) >= 11 is 0. The second kappa shape index (κ2) is 11.0. The highest BCUT2D eigenvalue weighted by molar-refractivity contribution is 7.85. The number of carbonyl (C=O) groups is 1. The number of hydrogen-bond donors (Lipinski definition) is 4. The van der Waals surface area contributed by atoms with Gasteiger partial charge in [0, 0.05) is 5.39 Å². The topological polar surface area (TPSA) is 187 Å². The molecule has 12 heteroatoms. The van der Waals surface area contributed by atoms with Crippen LogP contribution in [0.3, 0.4) is 0 Å². The van der Waals surface area contributed by atoms with Crippen LogP contribution in [0.2, 0.25) is 0 Å². The van der Waals surface area contributed by atoms with Gasteiger partial charge in [0.25, 0.3) is 10.1 Å². The molecule has 0 aromatic heterocycles. The van der Waals surface area contributed by atoms with Crippen molar-refractivity contribution in [2.75, 3.05) is 5.73 Å². The van der Waals surface area contributed by atoms with Gasteiger partial charge in [-0.3, -0.25) is 4.55 Å². The summed E-state index contributed by atoms with van der Waals surface area (Å²) in [7, 11) is -4.40. The number of hydrogen-bond acceptors (Lipinski definition) is 9. The SMILES string of the molecule is Nc1ccc2ccc(S(=O)(=O)O)cc2c1N=Nc1ccc(-c2ccc(N=Nc3ccc(O)c(C(=O)O)c3)cc2)cc1. The third-order valence-corrected chi connectivity index (χ3v) is 6.97. The van der Waals surface area contributed by atoms with Crippen LogP contribution in [0.15, 0.2) is 122 Å². The number of aromatic hydroxyl groups is 1. The molecule has 0 saturated carbocycles. The van der Waals surface area contributed by atoms with Crippen LogP contribution in [-0.4, -0.2) is 29.2 Å². The molecule has 0 aliphatic rings. The Balaban J connectivity index is 1.33. The molecule has 0 amide bonds. The first kappa shape index (κ1) is 27.1. The fourth-order valence-electron chi connectivity index (χ4n) is 3.99. The number of nitrogens with zero attached hydrogens (tertiary/aromatic N) is 4. The van der Waals surface area contributed by atoms with Crippen LogP contribution in [0.1, 0.15) is 10.4 Å². The van der Waals surface area contributed by atoms with Crippen molar-refractivity contribution in [1.82, 2.24) is 0 Å². The molecule has 0 heterocycles. The van der Waals surface area contributed by atoms with E-state index in [9.17, 15) is 22.9 Å². The van der Waals surface area contributed by atoms with Crippen molar-refractivity contribution < 1.29 is 28.0 Å². The van der Waals surface area contributed by atoms with Crippen LogP contribution in [0.4, 0.5) is 28.4 Å². The summed E-state index contributed by atoms with van der Waals surface area (Å²) < 4.78 is 32.6. The minimum absolute atomic E-state index is 0.258. The van der Waals surface area contributed by atoms with Gasteiger partial charge in [-0.15, -0.1) is 5.11 Å². The zero-order valence-corrected chi connectivity index (χ0v) is 21.9. The first-order valence-corrected chi connectivity index (χ1v) is 13.4. The van der Waals surface area contributed by atoms with Crippen molar-refractivity contribution >= 4 is 55.3 Å². The molecule has 41 heavy (non-hydrogen) atoms. The van der Waals surface area contributed by atoms with E-state index in [0.29, 0.717) is 27.8 Å². The normalized spacial score (nSPS) is 11.9. The number of phenols is 1. The van der Waals surface area contributed by atoms with Gasteiger partial charge >= 0.3 is 5.97 Å². The predicted molar refractivity (Wildman–Crippen MR) is 153 cm³/mol. The Labute approximate surface area is 233 Å². The molecule has 0 aliphatic heterocycles. The Morgan fingerprint density at radius 1 is 0.683 bits per heavy atom. The van der Waals surface area contributed by atoms with E-state index in [-0.39, 0.29) is 27.6 Å². The van der Waals surface area contributed by atoms with Gasteiger partial charge in [0.05, 0.1) is 27.6 Å². The molecule has 5 aromatic rings. The highest BCUT2D eigenvalue weighted by atomic mass is 32.2. The fraction of sp³-hybridized carbons (Fsp3) is 0. The van der Waals surface area contributed by atoms with Crippen molar-refractivity contribution in [2.24, 2.45) is 20.5 Å². The predicted octanol–water partition coefficient (Wildman–Crippen LogP) is 7.57. The number of anilines is 1. The number of nitrogens with two attached hydrogens (primary N) is 1.